The molecule has 20 heavy (non-hydrogen) atoms. The van der Waals surface area contributed by atoms with Crippen LogP contribution in [0.25, 0.3) is 0 Å². The Morgan fingerprint density at radius 2 is 2.20 bits per heavy atom. The Hall–Kier alpha value is -1.30. The summed E-state index contributed by atoms with van der Waals surface area (Å²) < 4.78 is 5.39. The molecule has 2 amide bonds. The molecule has 0 spiro atoms. The van der Waals surface area contributed by atoms with Gasteiger partial charge in [-0.25, -0.2) is 4.79 Å². The van der Waals surface area contributed by atoms with Crippen LogP contribution in [0.4, 0.5) is 4.79 Å². The van der Waals surface area contributed by atoms with Crippen molar-refractivity contribution in [3.63, 3.8) is 0 Å². The molecule has 0 aromatic rings. The number of carbonyl (C=O) groups excluding carboxylic acids is 1. The lowest BCUT2D eigenvalue weighted by Crippen LogP contribution is -2.46. The van der Waals surface area contributed by atoms with Gasteiger partial charge in [-0.15, -0.1) is 0 Å². The fourth-order valence-electron chi connectivity index (χ4n) is 2.18. The van der Waals surface area contributed by atoms with Crippen molar-refractivity contribution in [2.45, 2.75) is 33.1 Å². The van der Waals surface area contributed by atoms with Gasteiger partial charge in [0.25, 0.3) is 0 Å². The van der Waals surface area contributed by atoms with E-state index in [0.717, 1.165) is 19.4 Å². The Bertz CT molecular complexity index is 342. The standard InChI is InChI=1S/C14H26N2O4/c1-4-14(2,12(17)18)10-15-13(19)16(3)8-11-6-5-7-20-9-11/h11H,4-10H2,1-3H3,(H,15,19)(H,17,18). The highest BCUT2D eigenvalue weighted by Crippen LogP contribution is 2.20. The van der Waals surface area contributed by atoms with Crippen molar-refractivity contribution in [3.8, 4) is 0 Å². The van der Waals surface area contributed by atoms with E-state index in [9.17, 15) is 9.59 Å². The molecule has 116 valence electrons. The fraction of sp³-hybridized carbons (Fsp3) is 0.857. The number of hydrogen-bond acceptors (Lipinski definition) is 3. The molecule has 6 nitrogen and oxygen atoms in total. The molecule has 1 rings (SSSR count). The van der Waals surface area contributed by atoms with E-state index in [2.05, 4.69) is 5.32 Å². The molecule has 6 heteroatoms. The normalized spacial score (nSPS) is 21.9. The number of rotatable bonds is 6. The fourth-order valence-corrected chi connectivity index (χ4v) is 2.18. The van der Waals surface area contributed by atoms with Gasteiger partial charge < -0.3 is 20.1 Å². The Morgan fingerprint density at radius 1 is 1.50 bits per heavy atom. The van der Waals surface area contributed by atoms with Crippen molar-refractivity contribution in [2.24, 2.45) is 11.3 Å². The third-order valence-corrected chi connectivity index (χ3v) is 4.06. The predicted octanol–water partition coefficient (Wildman–Crippen LogP) is 1.56. The second-order valence-corrected chi connectivity index (χ2v) is 5.84. The van der Waals surface area contributed by atoms with Crippen LogP contribution >= 0.6 is 0 Å². The molecule has 0 radical (unpaired) electrons. The molecule has 1 saturated heterocycles. The van der Waals surface area contributed by atoms with Crippen LogP contribution in [-0.4, -0.2) is 55.4 Å². The summed E-state index contributed by atoms with van der Waals surface area (Å²) in [6.07, 6.45) is 2.58. The van der Waals surface area contributed by atoms with E-state index in [1.54, 1.807) is 18.9 Å². The summed E-state index contributed by atoms with van der Waals surface area (Å²) in [6.45, 7) is 5.73. The average molecular weight is 286 g/mol. The van der Waals surface area contributed by atoms with Gasteiger partial charge in [-0.2, -0.15) is 0 Å². The Morgan fingerprint density at radius 3 is 2.70 bits per heavy atom. The third kappa shape index (κ3) is 4.67. The van der Waals surface area contributed by atoms with Crippen LogP contribution in [0.1, 0.15) is 33.1 Å². The number of ether oxygens (including phenoxy) is 1. The minimum Gasteiger partial charge on any atom is -0.481 e. The number of carboxylic acids is 1. The lowest BCUT2D eigenvalue weighted by atomic mass is 9.88. The van der Waals surface area contributed by atoms with Gasteiger partial charge in [-0.1, -0.05) is 6.92 Å². The van der Waals surface area contributed by atoms with E-state index < -0.39 is 11.4 Å². The van der Waals surface area contributed by atoms with Crippen LogP contribution in [0.3, 0.4) is 0 Å². The highest BCUT2D eigenvalue weighted by Gasteiger charge is 2.32. The molecule has 1 aliphatic heterocycles. The largest absolute Gasteiger partial charge is 0.481 e. The second-order valence-electron chi connectivity index (χ2n) is 5.84. The molecule has 2 unspecified atom stereocenters. The first-order valence-electron chi connectivity index (χ1n) is 7.19. The molecule has 0 aliphatic carbocycles. The summed E-state index contributed by atoms with van der Waals surface area (Å²) in [5.74, 6) is -0.514. The van der Waals surface area contributed by atoms with Crippen LogP contribution in [0.5, 0.6) is 0 Å². The first-order valence-corrected chi connectivity index (χ1v) is 7.19. The lowest BCUT2D eigenvalue weighted by Gasteiger charge is -2.29. The van der Waals surface area contributed by atoms with E-state index in [-0.39, 0.29) is 12.6 Å². The summed E-state index contributed by atoms with van der Waals surface area (Å²) in [5.41, 5.74) is -0.912. The lowest BCUT2D eigenvalue weighted by molar-refractivity contribution is -0.147. The van der Waals surface area contributed by atoms with Crippen LogP contribution in [0, 0.1) is 11.3 Å². The molecule has 0 bridgehead atoms. The summed E-state index contributed by atoms with van der Waals surface area (Å²) in [5, 5.41) is 11.9. The number of aliphatic carboxylic acids is 1. The number of amides is 2. The van der Waals surface area contributed by atoms with E-state index in [1.165, 1.54) is 0 Å². The first kappa shape index (κ1) is 16.8. The maximum atomic E-state index is 12.0. The number of nitrogens with zero attached hydrogens (tertiary/aromatic N) is 1. The van der Waals surface area contributed by atoms with Crippen molar-refractivity contribution in [1.82, 2.24) is 10.2 Å². The van der Waals surface area contributed by atoms with Crippen molar-refractivity contribution in [3.05, 3.63) is 0 Å². The second kappa shape index (κ2) is 7.47. The van der Waals surface area contributed by atoms with Crippen LogP contribution in [-0.2, 0) is 9.53 Å². The molecule has 0 aromatic carbocycles. The zero-order valence-electron chi connectivity index (χ0n) is 12.6. The zero-order valence-corrected chi connectivity index (χ0v) is 12.6. The van der Waals surface area contributed by atoms with E-state index >= 15 is 0 Å². The summed E-state index contributed by atoms with van der Waals surface area (Å²) in [4.78, 5) is 24.8. The number of nitrogens with one attached hydrogen (secondary N) is 1. The molecule has 2 atom stereocenters. The highest BCUT2D eigenvalue weighted by atomic mass is 16.5. The van der Waals surface area contributed by atoms with E-state index in [0.29, 0.717) is 25.5 Å². The van der Waals surface area contributed by atoms with Crippen LogP contribution in [0.2, 0.25) is 0 Å². The van der Waals surface area contributed by atoms with Crippen molar-refractivity contribution < 1.29 is 19.4 Å². The van der Waals surface area contributed by atoms with Crippen molar-refractivity contribution in [1.29, 1.82) is 0 Å². The molecule has 1 aliphatic rings. The van der Waals surface area contributed by atoms with Gasteiger partial charge in [0.1, 0.15) is 0 Å². The monoisotopic (exact) mass is 286 g/mol. The molecule has 2 N–H and O–H groups in total. The summed E-state index contributed by atoms with van der Waals surface area (Å²) >= 11 is 0. The highest BCUT2D eigenvalue weighted by molar-refractivity contribution is 5.77. The van der Waals surface area contributed by atoms with Crippen LogP contribution < -0.4 is 5.32 Å². The van der Waals surface area contributed by atoms with Gasteiger partial charge in [-0.05, 0) is 26.2 Å². The predicted molar refractivity (Wildman–Crippen MR) is 75.6 cm³/mol. The number of carbonyl (C=O) groups is 2. The van der Waals surface area contributed by atoms with Gasteiger partial charge in [0, 0.05) is 32.7 Å². The minimum atomic E-state index is -0.912. The molecule has 0 saturated carbocycles. The molecular formula is C14H26N2O4. The van der Waals surface area contributed by atoms with Crippen molar-refractivity contribution in [2.75, 3.05) is 33.4 Å². The topological polar surface area (TPSA) is 78.9 Å². The SMILES string of the molecule is CCC(C)(CNC(=O)N(C)CC1CCCOC1)C(=O)O. The van der Waals surface area contributed by atoms with Gasteiger partial charge in [-0.3, -0.25) is 4.79 Å². The third-order valence-electron chi connectivity index (χ3n) is 4.06. The first-order chi connectivity index (χ1) is 9.39. The minimum absolute atomic E-state index is 0.142. The zero-order chi connectivity index (χ0) is 15.2. The number of hydrogen-bond donors (Lipinski definition) is 2. The average Bonchev–Trinajstić information content (AvgIpc) is 2.45. The molecule has 1 heterocycles. The number of urea groups is 1. The van der Waals surface area contributed by atoms with Crippen molar-refractivity contribution >= 4 is 12.0 Å². The Balaban J connectivity index is 2.39. The quantitative estimate of drug-likeness (QED) is 0.776. The van der Waals surface area contributed by atoms with Crippen LogP contribution in [0.15, 0.2) is 0 Å². The van der Waals surface area contributed by atoms with Gasteiger partial charge in [0.2, 0.25) is 0 Å². The Kier molecular flexibility index (Phi) is 6.26. The molecule has 1 fully saturated rings. The smallest absolute Gasteiger partial charge is 0.317 e. The maximum absolute atomic E-state index is 12.0. The molecular weight excluding hydrogens is 260 g/mol. The molecule has 0 aromatic heterocycles. The number of carboxylic acid groups (broad SMARTS) is 1. The summed E-state index contributed by atoms with van der Waals surface area (Å²) in [7, 11) is 1.73. The van der Waals surface area contributed by atoms with Gasteiger partial charge in [0.05, 0.1) is 12.0 Å². The Labute approximate surface area is 120 Å². The maximum Gasteiger partial charge on any atom is 0.317 e. The van der Waals surface area contributed by atoms with Gasteiger partial charge >= 0.3 is 12.0 Å². The summed E-state index contributed by atoms with van der Waals surface area (Å²) in [6, 6.07) is -0.225. The van der Waals surface area contributed by atoms with E-state index in [1.807, 2.05) is 6.92 Å². The van der Waals surface area contributed by atoms with Gasteiger partial charge in [0.15, 0.2) is 0 Å². The van der Waals surface area contributed by atoms with E-state index in [4.69, 9.17) is 9.84 Å².